The van der Waals surface area contributed by atoms with Crippen LogP contribution in [0.15, 0.2) is 71.0 Å². The van der Waals surface area contributed by atoms with Gasteiger partial charge in [-0.25, -0.2) is 0 Å². The van der Waals surface area contributed by atoms with Gasteiger partial charge in [0.15, 0.2) is 0 Å². The second-order valence-electron chi connectivity index (χ2n) is 6.35. The Labute approximate surface area is 151 Å². The third-order valence-corrected chi connectivity index (χ3v) is 5.47. The van der Waals surface area contributed by atoms with E-state index in [1.165, 1.54) is 10.4 Å². The maximum atomic E-state index is 10.3. The lowest BCUT2D eigenvalue weighted by atomic mass is 9.96. The minimum absolute atomic E-state index is 0.0297. The van der Waals surface area contributed by atoms with E-state index in [1.807, 2.05) is 18.2 Å². The Balaban J connectivity index is 1.74. The summed E-state index contributed by atoms with van der Waals surface area (Å²) in [5.41, 5.74) is 4.38. The van der Waals surface area contributed by atoms with Crippen LogP contribution in [0.3, 0.4) is 0 Å². The molecule has 1 aliphatic heterocycles. The number of phenols is 1. The van der Waals surface area contributed by atoms with Crippen molar-refractivity contribution in [1.82, 2.24) is 5.32 Å². The highest BCUT2D eigenvalue weighted by Gasteiger charge is 2.27. The van der Waals surface area contributed by atoms with Crippen LogP contribution >= 0.6 is 11.3 Å². The predicted octanol–water partition coefficient (Wildman–Crippen LogP) is 4.98. The first kappa shape index (κ1) is 16.1. The molecule has 2 heterocycles. The third kappa shape index (κ3) is 3.36. The van der Waals surface area contributed by atoms with Crippen LogP contribution in [-0.4, -0.2) is 10.8 Å². The average Bonchev–Trinajstić information content (AvgIpc) is 3.17. The van der Waals surface area contributed by atoms with Crippen LogP contribution < -0.4 is 5.32 Å². The first-order chi connectivity index (χ1) is 12.2. The first-order valence-corrected chi connectivity index (χ1v) is 9.30. The standard InChI is InChI=1S/C21H20N2OS/c1-14-8-10-15(11-9-14)21-22-17(16-5-2-3-6-19(16)24)13-18(23-21)20-7-4-12-25-20/h2-12,17,21-22,24H,13H2,1H3. The smallest absolute Gasteiger partial charge is 0.126 e. The summed E-state index contributed by atoms with van der Waals surface area (Å²) in [5, 5.41) is 16.0. The molecular formula is C21H20N2OS. The van der Waals surface area contributed by atoms with Gasteiger partial charge in [0.25, 0.3) is 0 Å². The summed E-state index contributed by atoms with van der Waals surface area (Å²) in [4.78, 5) is 6.16. The zero-order valence-electron chi connectivity index (χ0n) is 14.0. The molecule has 0 fully saturated rings. The second-order valence-corrected chi connectivity index (χ2v) is 7.30. The van der Waals surface area contributed by atoms with E-state index in [9.17, 15) is 5.11 Å². The Morgan fingerprint density at radius 2 is 1.84 bits per heavy atom. The zero-order chi connectivity index (χ0) is 17.2. The number of phenolic OH excluding ortho intramolecular Hbond substituents is 1. The molecule has 2 atom stereocenters. The molecule has 0 radical (unpaired) electrons. The highest BCUT2D eigenvalue weighted by molar-refractivity contribution is 7.12. The van der Waals surface area contributed by atoms with Crippen molar-refractivity contribution in [3.05, 3.63) is 87.6 Å². The van der Waals surface area contributed by atoms with Gasteiger partial charge in [-0.15, -0.1) is 11.3 Å². The summed E-state index contributed by atoms with van der Waals surface area (Å²) in [6.07, 6.45) is 0.650. The van der Waals surface area contributed by atoms with Gasteiger partial charge < -0.3 is 5.11 Å². The number of nitrogens with one attached hydrogen (secondary N) is 1. The topological polar surface area (TPSA) is 44.6 Å². The minimum Gasteiger partial charge on any atom is -0.508 e. The quantitative estimate of drug-likeness (QED) is 0.701. The Bertz CT molecular complexity index is 885. The number of hydrogen-bond acceptors (Lipinski definition) is 4. The molecule has 3 nitrogen and oxygen atoms in total. The molecular weight excluding hydrogens is 328 g/mol. The van der Waals surface area contributed by atoms with Crippen molar-refractivity contribution in [1.29, 1.82) is 0 Å². The summed E-state index contributed by atoms with van der Waals surface area (Å²) in [7, 11) is 0. The molecule has 4 heteroatoms. The van der Waals surface area contributed by atoms with Crippen LogP contribution in [-0.2, 0) is 0 Å². The molecule has 2 N–H and O–H groups in total. The zero-order valence-corrected chi connectivity index (χ0v) is 14.8. The van der Waals surface area contributed by atoms with Crippen LogP contribution in [0.25, 0.3) is 0 Å². The molecule has 0 aliphatic carbocycles. The molecule has 0 saturated heterocycles. The summed E-state index contributed by atoms with van der Waals surface area (Å²) in [6, 6.07) is 20.2. The number of rotatable bonds is 3. The van der Waals surface area contributed by atoms with Crippen molar-refractivity contribution in [3.8, 4) is 5.75 Å². The third-order valence-electron chi connectivity index (χ3n) is 4.55. The van der Waals surface area contributed by atoms with Gasteiger partial charge in [-0.2, -0.15) is 0 Å². The fourth-order valence-corrected chi connectivity index (χ4v) is 3.93. The molecule has 126 valence electrons. The molecule has 0 spiro atoms. The number of para-hydroxylation sites is 1. The molecule has 25 heavy (non-hydrogen) atoms. The van der Waals surface area contributed by atoms with Gasteiger partial charge in [0.05, 0.1) is 5.71 Å². The lowest BCUT2D eigenvalue weighted by molar-refractivity contribution is 0.413. The van der Waals surface area contributed by atoms with E-state index >= 15 is 0 Å². The van der Waals surface area contributed by atoms with E-state index in [4.69, 9.17) is 4.99 Å². The first-order valence-electron chi connectivity index (χ1n) is 8.42. The number of aliphatic imine (C=N–C) groups is 1. The maximum absolute atomic E-state index is 10.3. The monoisotopic (exact) mass is 348 g/mol. The van der Waals surface area contributed by atoms with Gasteiger partial charge >= 0.3 is 0 Å². The van der Waals surface area contributed by atoms with E-state index in [-0.39, 0.29) is 12.2 Å². The van der Waals surface area contributed by atoms with E-state index in [2.05, 4.69) is 54.0 Å². The van der Waals surface area contributed by atoms with E-state index < -0.39 is 0 Å². The number of benzene rings is 2. The summed E-state index contributed by atoms with van der Waals surface area (Å²) in [5.74, 6) is 0.329. The predicted molar refractivity (Wildman–Crippen MR) is 103 cm³/mol. The van der Waals surface area contributed by atoms with Crippen LogP contribution in [0.4, 0.5) is 0 Å². The molecule has 1 aliphatic rings. The maximum Gasteiger partial charge on any atom is 0.126 e. The summed E-state index contributed by atoms with van der Waals surface area (Å²) >= 11 is 1.71. The van der Waals surface area contributed by atoms with Crippen LogP contribution in [0, 0.1) is 6.92 Å². The Kier molecular flexibility index (Phi) is 4.38. The van der Waals surface area contributed by atoms with Gasteiger partial charge in [-0.1, -0.05) is 54.1 Å². The molecule has 0 bridgehead atoms. The highest BCUT2D eigenvalue weighted by Crippen LogP contribution is 2.34. The van der Waals surface area contributed by atoms with Gasteiger partial charge in [0.1, 0.15) is 11.9 Å². The number of nitrogens with zero attached hydrogens (tertiary/aromatic N) is 1. The van der Waals surface area contributed by atoms with Crippen molar-refractivity contribution < 1.29 is 5.11 Å². The number of thiophene rings is 1. The molecule has 0 saturated carbocycles. The molecule has 4 rings (SSSR count). The average molecular weight is 348 g/mol. The number of aryl methyl sites for hydroxylation is 1. The fourth-order valence-electron chi connectivity index (χ4n) is 3.20. The Hall–Kier alpha value is -2.43. The molecule has 2 unspecified atom stereocenters. The fraction of sp³-hybridized carbons (Fsp3) is 0.190. The SMILES string of the molecule is Cc1ccc(C2N=C(c3cccs3)CC(c3ccccc3O)N2)cc1. The largest absolute Gasteiger partial charge is 0.508 e. The Morgan fingerprint density at radius 3 is 2.56 bits per heavy atom. The van der Waals surface area contributed by atoms with Gasteiger partial charge in [-0.3, -0.25) is 10.3 Å². The number of aromatic hydroxyl groups is 1. The highest BCUT2D eigenvalue weighted by atomic mass is 32.1. The van der Waals surface area contributed by atoms with Crippen molar-refractivity contribution in [2.75, 3.05) is 0 Å². The second kappa shape index (κ2) is 6.82. The van der Waals surface area contributed by atoms with Crippen LogP contribution in [0.2, 0.25) is 0 Å². The Morgan fingerprint density at radius 1 is 1.04 bits per heavy atom. The molecule has 0 amide bonds. The van der Waals surface area contributed by atoms with Gasteiger partial charge in [0, 0.05) is 22.9 Å². The molecule has 2 aromatic carbocycles. The van der Waals surface area contributed by atoms with Crippen molar-refractivity contribution in [2.45, 2.75) is 25.6 Å². The molecule has 3 aromatic rings. The van der Waals surface area contributed by atoms with Crippen molar-refractivity contribution >= 4 is 17.0 Å². The van der Waals surface area contributed by atoms with Gasteiger partial charge in [-0.05, 0) is 30.0 Å². The van der Waals surface area contributed by atoms with Crippen molar-refractivity contribution in [3.63, 3.8) is 0 Å². The van der Waals surface area contributed by atoms with E-state index in [0.29, 0.717) is 5.75 Å². The van der Waals surface area contributed by atoms with Crippen molar-refractivity contribution in [2.24, 2.45) is 4.99 Å². The van der Waals surface area contributed by atoms with Gasteiger partial charge in [0.2, 0.25) is 0 Å². The summed E-state index contributed by atoms with van der Waals surface area (Å²) < 4.78 is 0. The minimum atomic E-state index is -0.115. The van der Waals surface area contributed by atoms with E-state index in [0.717, 1.165) is 23.3 Å². The van der Waals surface area contributed by atoms with E-state index in [1.54, 1.807) is 17.4 Å². The van der Waals surface area contributed by atoms with Crippen LogP contribution in [0.5, 0.6) is 5.75 Å². The molecule has 1 aromatic heterocycles. The normalized spacial score (nSPS) is 20.3. The lowest BCUT2D eigenvalue weighted by Gasteiger charge is -2.30. The lowest BCUT2D eigenvalue weighted by Crippen LogP contribution is -2.32. The summed E-state index contributed by atoms with van der Waals surface area (Å²) in [6.45, 7) is 2.09. The number of hydrogen-bond donors (Lipinski definition) is 2. The van der Waals surface area contributed by atoms with Crippen LogP contribution in [0.1, 0.15) is 40.2 Å².